The van der Waals surface area contributed by atoms with Gasteiger partial charge in [-0.25, -0.2) is 9.36 Å². The molecular formula is C9H5ClN2OS. The molecule has 0 unspecified atom stereocenters. The number of pyridine rings is 1. The molecule has 0 radical (unpaired) electrons. The minimum absolute atomic E-state index is 0.0805. The molecule has 3 nitrogen and oxygen atoms in total. The van der Waals surface area contributed by atoms with E-state index in [0.29, 0.717) is 16.3 Å². The van der Waals surface area contributed by atoms with Crippen molar-refractivity contribution in [2.24, 2.45) is 0 Å². The maximum absolute atomic E-state index is 11.7. The van der Waals surface area contributed by atoms with Gasteiger partial charge in [-0.3, -0.25) is 4.79 Å². The third-order valence-corrected chi connectivity index (χ3v) is 2.48. The number of aromatic nitrogens is 2. The van der Waals surface area contributed by atoms with Crippen LogP contribution in [0.5, 0.6) is 0 Å². The average molecular weight is 225 g/mol. The van der Waals surface area contributed by atoms with Crippen LogP contribution in [0.25, 0.3) is 0 Å². The highest BCUT2D eigenvalue weighted by Crippen LogP contribution is 2.13. The van der Waals surface area contributed by atoms with Crippen molar-refractivity contribution in [1.82, 2.24) is 9.36 Å². The van der Waals surface area contributed by atoms with Gasteiger partial charge in [0.1, 0.15) is 5.15 Å². The van der Waals surface area contributed by atoms with Crippen LogP contribution in [0.4, 0.5) is 0 Å². The Morgan fingerprint density at radius 1 is 1.43 bits per heavy atom. The molecule has 0 saturated carbocycles. The molecule has 70 valence electrons. The topological polar surface area (TPSA) is 42.9 Å². The van der Waals surface area contributed by atoms with Gasteiger partial charge >= 0.3 is 0 Å². The third-order valence-electron chi connectivity index (χ3n) is 1.68. The van der Waals surface area contributed by atoms with E-state index in [9.17, 15) is 4.79 Å². The van der Waals surface area contributed by atoms with E-state index < -0.39 is 0 Å². The molecule has 0 bridgehead atoms. The van der Waals surface area contributed by atoms with E-state index in [1.807, 2.05) is 0 Å². The fourth-order valence-electron chi connectivity index (χ4n) is 1.03. The van der Waals surface area contributed by atoms with E-state index in [1.54, 1.807) is 23.7 Å². The molecule has 2 aromatic rings. The minimum atomic E-state index is -0.0805. The average Bonchev–Trinajstić information content (AvgIpc) is 2.69. The molecular weight excluding hydrogens is 220 g/mol. The molecule has 0 amide bonds. The normalized spacial score (nSPS) is 10.1. The SMILES string of the molecule is O=C(c1cnsc1)c1ccnc(Cl)c1. The van der Waals surface area contributed by atoms with Crippen molar-refractivity contribution in [3.05, 3.63) is 46.2 Å². The number of carbonyl (C=O) groups excluding carboxylic acids is 1. The Morgan fingerprint density at radius 2 is 2.29 bits per heavy atom. The molecule has 2 aromatic heterocycles. The quantitative estimate of drug-likeness (QED) is 0.581. The van der Waals surface area contributed by atoms with Crippen LogP contribution in [0.15, 0.2) is 29.9 Å². The summed E-state index contributed by atoms with van der Waals surface area (Å²) in [4.78, 5) is 15.5. The second kappa shape index (κ2) is 3.86. The Hall–Kier alpha value is -1.26. The van der Waals surface area contributed by atoms with E-state index >= 15 is 0 Å². The maximum Gasteiger partial charge on any atom is 0.195 e. The Labute approximate surface area is 89.5 Å². The lowest BCUT2D eigenvalue weighted by atomic mass is 10.1. The number of hydrogen-bond acceptors (Lipinski definition) is 4. The van der Waals surface area contributed by atoms with Crippen molar-refractivity contribution < 1.29 is 4.79 Å². The fourth-order valence-corrected chi connectivity index (χ4v) is 1.72. The highest BCUT2D eigenvalue weighted by molar-refractivity contribution is 7.03. The van der Waals surface area contributed by atoms with Crippen molar-refractivity contribution in [3.63, 3.8) is 0 Å². The molecule has 2 rings (SSSR count). The summed E-state index contributed by atoms with van der Waals surface area (Å²) in [5.41, 5.74) is 1.11. The second-order valence-corrected chi connectivity index (χ2v) is 3.65. The Balaban J connectivity index is 2.37. The van der Waals surface area contributed by atoms with Crippen LogP contribution < -0.4 is 0 Å². The van der Waals surface area contributed by atoms with Crippen LogP contribution in [0.3, 0.4) is 0 Å². The molecule has 0 saturated heterocycles. The molecule has 2 heterocycles. The van der Waals surface area contributed by atoms with E-state index in [4.69, 9.17) is 11.6 Å². The van der Waals surface area contributed by atoms with E-state index in [-0.39, 0.29) is 5.78 Å². The smallest absolute Gasteiger partial charge is 0.195 e. The van der Waals surface area contributed by atoms with Gasteiger partial charge in [0, 0.05) is 17.1 Å². The lowest BCUT2D eigenvalue weighted by molar-refractivity contribution is 0.103. The standard InChI is InChI=1S/C9H5ClN2OS/c10-8-3-6(1-2-11-8)9(13)7-4-12-14-5-7/h1-5H. The summed E-state index contributed by atoms with van der Waals surface area (Å²) in [6, 6.07) is 3.17. The summed E-state index contributed by atoms with van der Waals surface area (Å²) in [6.45, 7) is 0. The Kier molecular flexibility index (Phi) is 2.56. The highest BCUT2D eigenvalue weighted by atomic mass is 35.5. The molecule has 0 aliphatic rings. The van der Waals surface area contributed by atoms with Gasteiger partial charge in [0.15, 0.2) is 5.78 Å². The van der Waals surface area contributed by atoms with Gasteiger partial charge in [-0.15, -0.1) is 0 Å². The molecule has 0 atom stereocenters. The first-order valence-corrected chi connectivity index (χ1v) is 5.04. The zero-order valence-electron chi connectivity index (χ0n) is 6.98. The van der Waals surface area contributed by atoms with Crippen LogP contribution in [0, 0.1) is 0 Å². The van der Waals surface area contributed by atoms with Gasteiger partial charge in [0.05, 0.1) is 11.8 Å². The zero-order chi connectivity index (χ0) is 9.97. The van der Waals surface area contributed by atoms with Crippen LogP contribution in [0.1, 0.15) is 15.9 Å². The van der Waals surface area contributed by atoms with Crippen molar-refractivity contribution >= 4 is 28.9 Å². The molecule has 0 N–H and O–H groups in total. The molecule has 0 aromatic carbocycles. The monoisotopic (exact) mass is 224 g/mol. The summed E-state index contributed by atoms with van der Waals surface area (Å²) in [5, 5.41) is 2.02. The molecule has 14 heavy (non-hydrogen) atoms. The van der Waals surface area contributed by atoms with Crippen molar-refractivity contribution in [2.45, 2.75) is 0 Å². The first-order chi connectivity index (χ1) is 6.77. The number of nitrogens with zero attached hydrogens (tertiary/aromatic N) is 2. The fraction of sp³-hybridized carbons (Fsp3) is 0. The summed E-state index contributed by atoms with van der Waals surface area (Å²) < 4.78 is 3.86. The molecule has 5 heteroatoms. The highest BCUT2D eigenvalue weighted by Gasteiger charge is 2.10. The summed E-state index contributed by atoms with van der Waals surface area (Å²) >= 11 is 6.92. The van der Waals surface area contributed by atoms with Gasteiger partial charge in [-0.05, 0) is 23.7 Å². The minimum Gasteiger partial charge on any atom is -0.289 e. The third kappa shape index (κ3) is 1.81. The zero-order valence-corrected chi connectivity index (χ0v) is 8.55. The van der Waals surface area contributed by atoms with Gasteiger partial charge in [-0.1, -0.05) is 11.6 Å². The molecule has 0 fully saturated rings. The predicted octanol–water partition coefficient (Wildman–Crippen LogP) is 2.42. The van der Waals surface area contributed by atoms with E-state index in [0.717, 1.165) is 0 Å². The lowest BCUT2D eigenvalue weighted by Crippen LogP contribution is -1.99. The first kappa shape index (κ1) is 9.30. The van der Waals surface area contributed by atoms with Gasteiger partial charge < -0.3 is 0 Å². The number of halogens is 1. The van der Waals surface area contributed by atoms with Gasteiger partial charge in [0.25, 0.3) is 0 Å². The van der Waals surface area contributed by atoms with Crippen LogP contribution in [-0.2, 0) is 0 Å². The first-order valence-electron chi connectivity index (χ1n) is 3.83. The molecule has 0 spiro atoms. The van der Waals surface area contributed by atoms with E-state index in [2.05, 4.69) is 9.36 Å². The Morgan fingerprint density at radius 3 is 2.93 bits per heavy atom. The molecule has 0 aliphatic heterocycles. The number of carbonyl (C=O) groups is 1. The van der Waals surface area contributed by atoms with Crippen molar-refractivity contribution in [3.8, 4) is 0 Å². The summed E-state index contributed by atoms with van der Waals surface area (Å²) in [5.74, 6) is -0.0805. The second-order valence-electron chi connectivity index (χ2n) is 2.61. The van der Waals surface area contributed by atoms with Gasteiger partial charge in [0.2, 0.25) is 0 Å². The molecule has 0 aliphatic carbocycles. The summed E-state index contributed by atoms with van der Waals surface area (Å²) in [6.07, 6.45) is 3.05. The van der Waals surface area contributed by atoms with Crippen molar-refractivity contribution in [2.75, 3.05) is 0 Å². The predicted molar refractivity (Wildman–Crippen MR) is 54.8 cm³/mol. The maximum atomic E-state index is 11.7. The number of ketones is 1. The largest absolute Gasteiger partial charge is 0.289 e. The van der Waals surface area contributed by atoms with Gasteiger partial charge in [-0.2, -0.15) is 0 Å². The van der Waals surface area contributed by atoms with Crippen LogP contribution >= 0.6 is 23.1 Å². The lowest BCUT2D eigenvalue weighted by Gasteiger charge is -1.96. The van der Waals surface area contributed by atoms with Crippen LogP contribution in [0.2, 0.25) is 5.15 Å². The summed E-state index contributed by atoms with van der Waals surface area (Å²) in [7, 11) is 0. The number of rotatable bonds is 2. The number of hydrogen-bond donors (Lipinski definition) is 0. The van der Waals surface area contributed by atoms with E-state index in [1.165, 1.54) is 17.7 Å². The Bertz CT molecular complexity index is 456. The van der Waals surface area contributed by atoms with Crippen molar-refractivity contribution in [1.29, 1.82) is 0 Å². The van der Waals surface area contributed by atoms with Crippen LogP contribution in [-0.4, -0.2) is 15.1 Å².